The van der Waals surface area contributed by atoms with E-state index in [0.717, 1.165) is 0 Å². The first kappa shape index (κ1) is 14.2. The van der Waals surface area contributed by atoms with Crippen LogP contribution >= 0.6 is 11.6 Å². The zero-order valence-corrected chi connectivity index (χ0v) is 10.9. The second-order valence-corrected chi connectivity index (χ2v) is 4.23. The number of aromatic nitrogens is 1. The zero-order valence-electron chi connectivity index (χ0n) is 10.1. The van der Waals surface area contributed by atoms with E-state index in [2.05, 4.69) is 10.3 Å². The standard InChI is InChI=1S/C11H14ClN3O3/c1-15(2)9(16)3-4-13-10-8(12)5-7(6-14-10)11(17)18/h5-6H,3-4H2,1-2H3,(H,13,14)(H,17,18). The van der Waals surface area contributed by atoms with Gasteiger partial charge in [0, 0.05) is 33.3 Å². The maximum atomic E-state index is 11.3. The Morgan fingerprint density at radius 3 is 2.67 bits per heavy atom. The monoisotopic (exact) mass is 271 g/mol. The third-order valence-electron chi connectivity index (χ3n) is 2.22. The molecular weight excluding hydrogens is 258 g/mol. The van der Waals surface area contributed by atoms with Gasteiger partial charge < -0.3 is 15.3 Å². The first-order valence-corrected chi connectivity index (χ1v) is 5.62. The van der Waals surface area contributed by atoms with Crippen LogP contribution in [0.25, 0.3) is 0 Å². The van der Waals surface area contributed by atoms with Crippen LogP contribution in [-0.4, -0.2) is 47.5 Å². The zero-order chi connectivity index (χ0) is 13.7. The van der Waals surface area contributed by atoms with Crippen LogP contribution < -0.4 is 5.32 Å². The molecule has 7 heteroatoms. The lowest BCUT2D eigenvalue weighted by Crippen LogP contribution is -2.24. The lowest BCUT2D eigenvalue weighted by Gasteiger charge is -2.11. The number of nitrogens with zero attached hydrogens (tertiary/aromatic N) is 2. The molecule has 0 bridgehead atoms. The Kier molecular flexibility index (Phi) is 4.91. The van der Waals surface area contributed by atoms with Gasteiger partial charge in [-0.2, -0.15) is 0 Å². The molecule has 1 amide bonds. The van der Waals surface area contributed by atoms with E-state index in [1.54, 1.807) is 14.1 Å². The average Bonchev–Trinajstić information content (AvgIpc) is 2.30. The fraction of sp³-hybridized carbons (Fsp3) is 0.364. The van der Waals surface area contributed by atoms with Crippen LogP contribution in [0.15, 0.2) is 12.3 Å². The van der Waals surface area contributed by atoms with Crippen LogP contribution in [0, 0.1) is 0 Å². The number of pyridine rings is 1. The van der Waals surface area contributed by atoms with Gasteiger partial charge in [0.25, 0.3) is 0 Å². The summed E-state index contributed by atoms with van der Waals surface area (Å²) in [7, 11) is 3.35. The van der Waals surface area contributed by atoms with Crippen molar-refractivity contribution in [3.8, 4) is 0 Å². The van der Waals surface area contributed by atoms with Gasteiger partial charge in [0.05, 0.1) is 10.6 Å². The molecule has 0 fully saturated rings. The number of hydrogen-bond donors (Lipinski definition) is 2. The normalized spacial score (nSPS) is 9.94. The topological polar surface area (TPSA) is 82.5 Å². The molecule has 0 saturated carbocycles. The fourth-order valence-corrected chi connectivity index (χ4v) is 1.43. The average molecular weight is 272 g/mol. The quantitative estimate of drug-likeness (QED) is 0.844. The molecule has 0 unspecified atom stereocenters. The van der Waals surface area contributed by atoms with Crippen molar-refractivity contribution in [2.45, 2.75) is 6.42 Å². The molecular formula is C11H14ClN3O3. The molecule has 0 aliphatic rings. The van der Waals surface area contributed by atoms with Crippen molar-refractivity contribution in [2.75, 3.05) is 26.0 Å². The summed E-state index contributed by atoms with van der Waals surface area (Å²) in [5, 5.41) is 11.8. The van der Waals surface area contributed by atoms with Gasteiger partial charge in [0.1, 0.15) is 5.82 Å². The summed E-state index contributed by atoms with van der Waals surface area (Å²) in [6, 6.07) is 1.31. The van der Waals surface area contributed by atoms with Gasteiger partial charge in [-0.15, -0.1) is 0 Å². The number of anilines is 1. The molecule has 2 N–H and O–H groups in total. The molecule has 0 aromatic carbocycles. The molecule has 0 aliphatic carbocycles. The molecule has 0 spiro atoms. The number of rotatable bonds is 5. The molecule has 1 aromatic heterocycles. The highest BCUT2D eigenvalue weighted by Gasteiger charge is 2.09. The number of aromatic carboxylic acids is 1. The maximum Gasteiger partial charge on any atom is 0.337 e. The van der Waals surface area contributed by atoms with Gasteiger partial charge in [0.2, 0.25) is 5.91 Å². The maximum absolute atomic E-state index is 11.3. The Labute approximate surface area is 110 Å². The van der Waals surface area contributed by atoms with Crippen LogP contribution in [0.1, 0.15) is 16.8 Å². The number of carbonyl (C=O) groups excluding carboxylic acids is 1. The number of nitrogens with one attached hydrogen (secondary N) is 1. The van der Waals surface area contributed by atoms with E-state index in [0.29, 0.717) is 18.8 Å². The highest BCUT2D eigenvalue weighted by atomic mass is 35.5. The third kappa shape index (κ3) is 3.89. The van der Waals surface area contributed by atoms with Crippen molar-refractivity contribution in [3.63, 3.8) is 0 Å². The molecule has 1 aromatic rings. The molecule has 6 nitrogen and oxygen atoms in total. The van der Waals surface area contributed by atoms with Crippen LogP contribution in [0.2, 0.25) is 5.02 Å². The molecule has 1 rings (SSSR count). The van der Waals surface area contributed by atoms with E-state index < -0.39 is 5.97 Å². The summed E-state index contributed by atoms with van der Waals surface area (Å²) in [5.41, 5.74) is 0.0231. The van der Waals surface area contributed by atoms with Crippen LogP contribution in [-0.2, 0) is 4.79 Å². The van der Waals surface area contributed by atoms with E-state index in [4.69, 9.17) is 16.7 Å². The number of carboxylic acids is 1. The lowest BCUT2D eigenvalue weighted by molar-refractivity contribution is -0.128. The van der Waals surface area contributed by atoms with Gasteiger partial charge in [-0.25, -0.2) is 9.78 Å². The first-order valence-electron chi connectivity index (χ1n) is 5.24. The summed E-state index contributed by atoms with van der Waals surface area (Å²) >= 11 is 5.87. The number of halogens is 1. The largest absolute Gasteiger partial charge is 0.478 e. The first-order chi connectivity index (χ1) is 8.41. The predicted molar refractivity (Wildman–Crippen MR) is 68.0 cm³/mol. The highest BCUT2D eigenvalue weighted by molar-refractivity contribution is 6.33. The Morgan fingerprint density at radius 1 is 1.50 bits per heavy atom. The smallest absolute Gasteiger partial charge is 0.337 e. The molecule has 0 atom stereocenters. The van der Waals surface area contributed by atoms with Crippen molar-refractivity contribution in [1.29, 1.82) is 0 Å². The van der Waals surface area contributed by atoms with Gasteiger partial charge in [-0.1, -0.05) is 11.6 Å². The molecule has 0 saturated heterocycles. The van der Waals surface area contributed by atoms with E-state index in [9.17, 15) is 9.59 Å². The van der Waals surface area contributed by atoms with Crippen LogP contribution in [0.4, 0.5) is 5.82 Å². The van der Waals surface area contributed by atoms with Gasteiger partial charge >= 0.3 is 5.97 Å². The lowest BCUT2D eigenvalue weighted by atomic mass is 10.3. The van der Waals surface area contributed by atoms with E-state index in [1.807, 2.05) is 0 Å². The second kappa shape index (κ2) is 6.20. The minimum absolute atomic E-state index is 0.0132. The minimum atomic E-state index is -1.08. The SMILES string of the molecule is CN(C)C(=O)CCNc1ncc(C(=O)O)cc1Cl. The molecule has 0 radical (unpaired) electrons. The molecule has 0 aliphatic heterocycles. The second-order valence-electron chi connectivity index (χ2n) is 3.82. The fourth-order valence-electron chi connectivity index (χ4n) is 1.20. The van der Waals surface area contributed by atoms with Crippen molar-refractivity contribution in [3.05, 3.63) is 22.8 Å². The molecule has 1 heterocycles. The molecule has 98 valence electrons. The van der Waals surface area contributed by atoms with Gasteiger partial charge in [0.15, 0.2) is 0 Å². The predicted octanol–water partition coefficient (Wildman–Crippen LogP) is 1.32. The number of carboxylic acid groups (broad SMARTS) is 1. The van der Waals surface area contributed by atoms with Crippen LogP contribution in [0.5, 0.6) is 0 Å². The van der Waals surface area contributed by atoms with Gasteiger partial charge in [-0.3, -0.25) is 4.79 Å². The Bertz CT molecular complexity index is 463. The van der Waals surface area contributed by atoms with E-state index >= 15 is 0 Å². The van der Waals surface area contributed by atoms with E-state index in [-0.39, 0.29) is 16.5 Å². The molecule has 18 heavy (non-hydrogen) atoms. The van der Waals surface area contributed by atoms with Crippen molar-refractivity contribution >= 4 is 29.3 Å². The minimum Gasteiger partial charge on any atom is -0.478 e. The van der Waals surface area contributed by atoms with Gasteiger partial charge in [-0.05, 0) is 6.07 Å². The van der Waals surface area contributed by atoms with E-state index in [1.165, 1.54) is 17.2 Å². The summed E-state index contributed by atoms with van der Waals surface area (Å²) < 4.78 is 0. The van der Waals surface area contributed by atoms with Crippen molar-refractivity contribution in [1.82, 2.24) is 9.88 Å². The highest BCUT2D eigenvalue weighted by Crippen LogP contribution is 2.19. The summed E-state index contributed by atoms with van der Waals surface area (Å²) in [4.78, 5) is 27.4. The van der Waals surface area contributed by atoms with Crippen molar-refractivity contribution in [2.24, 2.45) is 0 Å². The summed E-state index contributed by atoms with van der Waals surface area (Å²) in [5.74, 6) is -0.729. The Morgan fingerprint density at radius 2 is 2.17 bits per heavy atom. The Balaban J connectivity index is 2.58. The number of amides is 1. The van der Waals surface area contributed by atoms with Crippen LogP contribution in [0.3, 0.4) is 0 Å². The Hall–Kier alpha value is -1.82. The third-order valence-corrected chi connectivity index (χ3v) is 2.51. The summed E-state index contributed by atoms with van der Waals surface area (Å²) in [6.45, 7) is 0.385. The van der Waals surface area contributed by atoms with Crippen molar-refractivity contribution < 1.29 is 14.7 Å². The number of carbonyl (C=O) groups is 2. The number of hydrogen-bond acceptors (Lipinski definition) is 4. The summed E-state index contributed by atoms with van der Waals surface area (Å²) in [6.07, 6.45) is 1.52.